The van der Waals surface area contributed by atoms with Crippen LogP contribution in [0.1, 0.15) is 26.5 Å². The lowest BCUT2D eigenvalue weighted by atomic mass is 10.1. The fraction of sp³-hybridized carbons (Fsp3) is 0.600. The van der Waals surface area contributed by atoms with E-state index in [4.69, 9.17) is 5.73 Å². The fourth-order valence-electron chi connectivity index (χ4n) is 1.09. The molecule has 3 N–H and O–H groups in total. The van der Waals surface area contributed by atoms with Crippen LogP contribution in [-0.4, -0.2) is 16.0 Å². The van der Waals surface area contributed by atoms with Crippen LogP contribution < -0.4 is 11.1 Å². The number of alkyl halides is 3. The van der Waals surface area contributed by atoms with E-state index in [0.717, 1.165) is 6.20 Å². The van der Waals surface area contributed by atoms with Gasteiger partial charge in [0.2, 0.25) is 0 Å². The minimum Gasteiger partial charge on any atom is -0.382 e. The second-order valence-corrected chi connectivity index (χ2v) is 4.16. The first-order valence-electron chi connectivity index (χ1n) is 5.18. The van der Waals surface area contributed by atoms with Crippen molar-refractivity contribution in [1.29, 1.82) is 0 Å². The highest BCUT2D eigenvalue weighted by molar-refractivity contribution is 5.45. The standard InChI is InChI=1S/C10H15F3N4/c1-5(2)6(3)16-7-4-15-8(9(14)17-7)10(11,12)13/h4-6H,1-3H3,(H3,14,16,17)/t6-/m0/s1. The van der Waals surface area contributed by atoms with Gasteiger partial charge in [-0.1, -0.05) is 13.8 Å². The van der Waals surface area contributed by atoms with Gasteiger partial charge < -0.3 is 11.1 Å². The van der Waals surface area contributed by atoms with E-state index in [1.54, 1.807) is 0 Å². The number of anilines is 2. The van der Waals surface area contributed by atoms with Crippen LogP contribution in [0, 0.1) is 5.92 Å². The first-order chi connectivity index (χ1) is 7.71. The maximum atomic E-state index is 12.4. The molecule has 0 fully saturated rings. The van der Waals surface area contributed by atoms with E-state index in [1.165, 1.54) is 0 Å². The molecule has 0 bridgehead atoms. The summed E-state index contributed by atoms with van der Waals surface area (Å²) in [5.41, 5.74) is 4.07. The highest BCUT2D eigenvalue weighted by Gasteiger charge is 2.35. The molecule has 0 aliphatic heterocycles. The maximum Gasteiger partial charge on any atom is 0.437 e. The van der Waals surface area contributed by atoms with Gasteiger partial charge in [0.05, 0.1) is 6.20 Å². The van der Waals surface area contributed by atoms with Crippen molar-refractivity contribution in [1.82, 2.24) is 9.97 Å². The summed E-state index contributed by atoms with van der Waals surface area (Å²) >= 11 is 0. The summed E-state index contributed by atoms with van der Waals surface area (Å²) in [7, 11) is 0. The molecular weight excluding hydrogens is 233 g/mol. The van der Waals surface area contributed by atoms with Crippen LogP contribution in [-0.2, 0) is 6.18 Å². The minimum absolute atomic E-state index is 0.0698. The smallest absolute Gasteiger partial charge is 0.382 e. The minimum atomic E-state index is -4.57. The van der Waals surface area contributed by atoms with Crippen LogP contribution in [0.5, 0.6) is 0 Å². The van der Waals surface area contributed by atoms with Crippen molar-refractivity contribution >= 4 is 11.6 Å². The quantitative estimate of drug-likeness (QED) is 0.862. The Kier molecular flexibility index (Phi) is 3.79. The lowest BCUT2D eigenvalue weighted by Gasteiger charge is -2.18. The topological polar surface area (TPSA) is 63.8 Å². The monoisotopic (exact) mass is 248 g/mol. The average molecular weight is 248 g/mol. The lowest BCUT2D eigenvalue weighted by molar-refractivity contribution is -0.140. The van der Waals surface area contributed by atoms with Crippen LogP contribution in [0.3, 0.4) is 0 Å². The van der Waals surface area contributed by atoms with Crippen molar-refractivity contribution in [2.75, 3.05) is 11.1 Å². The van der Waals surface area contributed by atoms with Gasteiger partial charge in [-0.3, -0.25) is 0 Å². The van der Waals surface area contributed by atoms with Gasteiger partial charge in [0.15, 0.2) is 11.5 Å². The molecule has 7 heteroatoms. The molecule has 0 amide bonds. The van der Waals surface area contributed by atoms with Gasteiger partial charge in [0.25, 0.3) is 0 Å². The Morgan fingerprint density at radius 2 is 1.88 bits per heavy atom. The predicted molar refractivity (Wildman–Crippen MR) is 59.4 cm³/mol. The fourth-order valence-corrected chi connectivity index (χ4v) is 1.09. The van der Waals surface area contributed by atoms with Crippen LogP contribution in [0.25, 0.3) is 0 Å². The van der Waals surface area contributed by atoms with Crippen LogP contribution in [0.2, 0.25) is 0 Å². The third-order valence-electron chi connectivity index (χ3n) is 2.44. The number of hydrogen-bond acceptors (Lipinski definition) is 4. The summed E-state index contributed by atoms with van der Waals surface area (Å²) in [5, 5.41) is 2.94. The number of nitrogen functional groups attached to an aromatic ring is 1. The van der Waals surface area contributed by atoms with E-state index < -0.39 is 17.7 Å². The normalized spacial score (nSPS) is 13.8. The van der Waals surface area contributed by atoms with Crippen LogP contribution >= 0.6 is 0 Å². The Hall–Kier alpha value is -1.53. The summed E-state index contributed by atoms with van der Waals surface area (Å²) < 4.78 is 37.1. The lowest BCUT2D eigenvalue weighted by Crippen LogP contribution is -2.23. The van der Waals surface area contributed by atoms with E-state index in [-0.39, 0.29) is 11.9 Å². The van der Waals surface area contributed by atoms with Gasteiger partial charge in [-0.05, 0) is 12.8 Å². The SMILES string of the molecule is CC(C)[C@H](C)Nc1cnc(C(F)(F)F)c(N)n1. The summed E-state index contributed by atoms with van der Waals surface area (Å²) in [4.78, 5) is 6.93. The molecule has 1 rings (SSSR count). The van der Waals surface area contributed by atoms with Gasteiger partial charge in [0, 0.05) is 6.04 Å². The third kappa shape index (κ3) is 3.47. The molecular formula is C10H15F3N4. The predicted octanol–water partition coefficient (Wildman–Crippen LogP) is 2.53. The van der Waals surface area contributed by atoms with Gasteiger partial charge in [-0.2, -0.15) is 13.2 Å². The molecule has 0 aliphatic carbocycles. The van der Waals surface area contributed by atoms with E-state index in [9.17, 15) is 13.2 Å². The van der Waals surface area contributed by atoms with E-state index >= 15 is 0 Å². The Morgan fingerprint density at radius 3 is 2.29 bits per heavy atom. The van der Waals surface area contributed by atoms with Crippen LogP contribution in [0.4, 0.5) is 24.8 Å². The highest BCUT2D eigenvalue weighted by atomic mass is 19.4. The molecule has 0 radical (unpaired) electrons. The van der Waals surface area contributed by atoms with Crippen molar-refractivity contribution in [3.05, 3.63) is 11.9 Å². The number of nitrogens with one attached hydrogen (secondary N) is 1. The molecule has 96 valence electrons. The number of aromatic nitrogens is 2. The molecule has 1 atom stereocenters. The summed E-state index contributed by atoms with van der Waals surface area (Å²) in [6.45, 7) is 5.87. The largest absolute Gasteiger partial charge is 0.437 e. The van der Waals surface area contributed by atoms with E-state index in [1.807, 2.05) is 20.8 Å². The zero-order valence-electron chi connectivity index (χ0n) is 9.84. The number of nitrogens with zero attached hydrogens (tertiary/aromatic N) is 2. The molecule has 0 saturated heterocycles. The Morgan fingerprint density at radius 1 is 1.29 bits per heavy atom. The molecule has 0 unspecified atom stereocenters. The molecule has 1 aromatic rings. The van der Waals surface area contributed by atoms with Crippen molar-refractivity contribution in [3.8, 4) is 0 Å². The number of hydrogen-bond donors (Lipinski definition) is 2. The van der Waals surface area contributed by atoms with E-state index in [0.29, 0.717) is 5.92 Å². The molecule has 0 saturated carbocycles. The maximum absolute atomic E-state index is 12.4. The highest BCUT2D eigenvalue weighted by Crippen LogP contribution is 2.31. The Bertz CT molecular complexity index is 390. The average Bonchev–Trinajstić information content (AvgIpc) is 2.15. The van der Waals surface area contributed by atoms with Gasteiger partial charge in [-0.25, -0.2) is 9.97 Å². The third-order valence-corrected chi connectivity index (χ3v) is 2.44. The van der Waals surface area contributed by atoms with Crippen LogP contribution in [0.15, 0.2) is 6.20 Å². The zero-order valence-corrected chi connectivity index (χ0v) is 9.84. The molecule has 17 heavy (non-hydrogen) atoms. The Balaban J connectivity index is 2.90. The summed E-state index contributed by atoms with van der Waals surface area (Å²) in [5.74, 6) is -0.0459. The Labute approximate surface area is 97.4 Å². The number of nitrogens with two attached hydrogens (primary N) is 1. The first-order valence-corrected chi connectivity index (χ1v) is 5.18. The molecule has 4 nitrogen and oxygen atoms in total. The van der Waals surface area contributed by atoms with Crippen molar-refractivity contribution in [2.24, 2.45) is 5.92 Å². The molecule has 1 heterocycles. The van der Waals surface area contributed by atoms with Gasteiger partial charge in [0.1, 0.15) is 5.82 Å². The van der Waals surface area contributed by atoms with Gasteiger partial charge >= 0.3 is 6.18 Å². The number of halogens is 3. The molecule has 0 aliphatic rings. The summed E-state index contributed by atoms with van der Waals surface area (Å²) in [6, 6.07) is 0.0698. The molecule has 0 aromatic carbocycles. The van der Waals surface area contributed by atoms with Crippen molar-refractivity contribution in [2.45, 2.75) is 33.0 Å². The molecule has 1 aromatic heterocycles. The molecule has 0 spiro atoms. The number of rotatable bonds is 3. The van der Waals surface area contributed by atoms with Crippen molar-refractivity contribution < 1.29 is 13.2 Å². The first kappa shape index (κ1) is 13.5. The second kappa shape index (κ2) is 4.77. The van der Waals surface area contributed by atoms with Gasteiger partial charge in [-0.15, -0.1) is 0 Å². The van der Waals surface area contributed by atoms with E-state index in [2.05, 4.69) is 15.3 Å². The summed E-state index contributed by atoms with van der Waals surface area (Å²) in [6.07, 6.45) is -3.53. The second-order valence-electron chi connectivity index (χ2n) is 4.16. The zero-order chi connectivity index (χ0) is 13.2. The van der Waals surface area contributed by atoms with Crippen molar-refractivity contribution in [3.63, 3.8) is 0 Å².